The normalized spacial score (nSPS) is 18.3. The second-order valence-electron chi connectivity index (χ2n) is 5.42. The molecule has 2 rings (SSSR count). The zero-order chi connectivity index (χ0) is 15.4. The van der Waals surface area contributed by atoms with E-state index in [1.807, 2.05) is 71.1 Å². The van der Waals surface area contributed by atoms with Crippen molar-refractivity contribution >= 4 is 0 Å². The Labute approximate surface area is 154 Å². The maximum absolute atomic E-state index is 3.18. The molecule has 0 aromatic heterocycles. The topological polar surface area (TPSA) is 0 Å². The first-order valence-electron chi connectivity index (χ1n) is 7.08. The van der Waals surface area contributed by atoms with Gasteiger partial charge in [-0.25, -0.2) is 0 Å². The van der Waals surface area contributed by atoms with E-state index in [2.05, 4.69) is 40.7 Å². The van der Waals surface area contributed by atoms with Gasteiger partial charge in [-0.15, -0.1) is 0 Å². The molecule has 2 aliphatic rings. The summed E-state index contributed by atoms with van der Waals surface area (Å²) in [5, 5.41) is 0. The van der Waals surface area contributed by atoms with Crippen LogP contribution in [0, 0.1) is 81.6 Å². The molecule has 0 unspecified atom stereocenters. The molecule has 2 fully saturated rings. The molecule has 0 aromatic carbocycles. The van der Waals surface area contributed by atoms with Gasteiger partial charge >= 0.3 is 26.2 Å². The molecule has 0 heterocycles. The minimum absolute atomic E-state index is 0. The summed E-state index contributed by atoms with van der Waals surface area (Å²) in [4.78, 5) is 0. The van der Waals surface area contributed by atoms with Crippen LogP contribution in [0.5, 0.6) is 0 Å². The standard InChI is InChI=1S/C10H18.2C5H5.Zr/c1-7-9(4)10(5,6)8(2)3;2*1-2-4-5-3-1;/h1-6H3;2*1-5H;/q-2;;;+2. The number of rotatable bonds is 2. The van der Waals surface area contributed by atoms with Crippen molar-refractivity contribution in [3.05, 3.63) is 81.8 Å². The van der Waals surface area contributed by atoms with Crippen LogP contribution in [0.15, 0.2) is 5.57 Å². The van der Waals surface area contributed by atoms with Crippen LogP contribution in [-0.4, -0.2) is 0 Å². The molecular weight excluding hydrogens is 331 g/mol. The zero-order valence-electron chi connectivity index (χ0n) is 14.3. The SMILES string of the molecule is C[C-]=C(C)C(C)(C)[C-](C)C.[CH]1[CH][CH][CH][CH]1.[CH]1[CH][CH][CH][CH]1.[Zr+2]. The number of hydrogen-bond donors (Lipinski definition) is 0. The summed E-state index contributed by atoms with van der Waals surface area (Å²) in [5.41, 5.74) is 1.56. The van der Waals surface area contributed by atoms with E-state index in [4.69, 9.17) is 0 Å². The van der Waals surface area contributed by atoms with Gasteiger partial charge in [0.1, 0.15) is 0 Å². The van der Waals surface area contributed by atoms with Crippen molar-refractivity contribution in [3.8, 4) is 0 Å². The van der Waals surface area contributed by atoms with Gasteiger partial charge in [-0.2, -0.15) is 26.2 Å². The van der Waals surface area contributed by atoms with E-state index in [1.165, 1.54) is 11.5 Å². The van der Waals surface area contributed by atoms with Crippen LogP contribution >= 0.6 is 0 Å². The molecule has 0 aromatic rings. The molecule has 0 nitrogen and oxygen atoms in total. The minimum Gasteiger partial charge on any atom is -0.503 e. The smallest absolute Gasteiger partial charge is 0.503 e. The van der Waals surface area contributed by atoms with Crippen molar-refractivity contribution < 1.29 is 26.2 Å². The van der Waals surface area contributed by atoms with E-state index >= 15 is 0 Å². The van der Waals surface area contributed by atoms with Crippen LogP contribution in [0.1, 0.15) is 41.5 Å². The maximum atomic E-state index is 3.18. The van der Waals surface area contributed by atoms with Gasteiger partial charge in [-0.1, -0.05) is 20.8 Å². The predicted octanol–water partition coefficient (Wildman–Crippen LogP) is 5.44. The average molecular weight is 360 g/mol. The summed E-state index contributed by atoms with van der Waals surface area (Å²) in [5.74, 6) is 1.44. The maximum Gasteiger partial charge on any atom is 2.00 e. The summed E-state index contributed by atoms with van der Waals surface area (Å²) in [6.45, 7) is 12.9. The van der Waals surface area contributed by atoms with E-state index in [-0.39, 0.29) is 31.6 Å². The molecule has 2 aliphatic carbocycles. The molecule has 21 heavy (non-hydrogen) atoms. The fourth-order valence-electron chi connectivity index (χ4n) is 1.33. The third kappa shape index (κ3) is 11.8. The molecule has 10 radical (unpaired) electrons. The molecular formula is C20H28Zr. The number of hydrogen-bond acceptors (Lipinski definition) is 0. The van der Waals surface area contributed by atoms with Crippen molar-refractivity contribution in [1.29, 1.82) is 0 Å². The largest absolute Gasteiger partial charge is 2.00 e. The Morgan fingerprint density at radius 2 is 1.00 bits per heavy atom. The molecule has 1 heteroatoms. The Morgan fingerprint density at radius 1 is 0.762 bits per heavy atom. The van der Waals surface area contributed by atoms with Crippen LogP contribution in [-0.2, 0) is 26.2 Å². The van der Waals surface area contributed by atoms with E-state index in [1.54, 1.807) is 0 Å². The summed E-state index contributed by atoms with van der Waals surface area (Å²) < 4.78 is 0. The fourth-order valence-corrected chi connectivity index (χ4v) is 1.33. The first kappa shape index (κ1) is 23.9. The third-order valence-corrected chi connectivity index (χ3v) is 3.67. The van der Waals surface area contributed by atoms with Crippen LogP contribution in [0.2, 0.25) is 0 Å². The summed E-state index contributed by atoms with van der Waals surface area (Å²) >= 11 is 0. The molecule has 0 saturated heterocycles. The molecule has 0 N–H and O–H groups in total. The van der Waals surface area contributed by atoms with Gasteiger partial charge in [-0.3, -0.25) is 5.57 Å². The second-order valence-corrected chi connectivity index (χ2v) is 5.42. The van der Waals surface area contributed by atoms with Crippen LogP contribution < -0.4 is 0 Å². The van der Waals surface area contributed by atoms with Crippen molar-refractivity contribution in [2.75, 3.05) is 0 Å². The molecule has 0 bridgehead atoms. The van der Waals surface area contributed by atoms with Gasteiger partial charge in [0.05, 0.1) is 0 Å². The number of allylic oxidation sites excluding steroid dienone is 2. The average Bonchev–Trinajstić information content (AvgIpc) is 3.13. The quantitative estimate of drug-likeness (QED) is 0.576. The Bertz CT molecular complexity index is 217. The summed E-state index contributed by atoms with van der Waals surface area (Å²) in [7, 11) is 0. The molecule has 0 atom stereocenters. The van der Waals surface area contributed by atoms with E-state index in [9.17, 15) is 0 Å². The van der Waals surface area contributed by atoms with Crippen LogP contribution in [0.3, 0.4) is 0 Å². The first-order chi connectivity index (χ1) is 9.42. The molecule has 2 saturated carbocycles. The zero-order valence-corrected chi connectivity index (χ0v) is 16.7. The Hall–Kier alpha value is 0.623. The Morgan fingerprint density at radius 3 is 1.10 bits per heavy atom. The predicted molar refractivity (Wildman–Crippen MR) is 89.5 cm³/mol. The van der Waals surface area contributed by atoms with Gasteiger partial charge in [0, 0.05) is 0 Å². The van der Waals surface area contributed by atoms with Gasteiger partial charge < -0.3 is 12.0 Å². The van der Waals surface area contributed by atoms with Gasteiger partial charge in [0.15, 0.2) is 0 Å². The van der Waals surface area contributed by atoms with Gasteiger partial charge in [0.2, 0.25) is 0 Å². The molecule has 0 aliphatic heterocycles. The van der Waals surface area contributed by atoms with E-state index in [0.717, 1.165) is 0 Å². The van der Waals surface area contributed by atoms with Gasteiger partial charge in [0.25, 0.3) is 0 Å². The van der Waals surface area contributed by atoms with Crippen molar-refractivity contribution in [2.24, 2.45) is 5.41 Å². The Balaban J connectivity index is 0. The van der Waals surface area contributed by atoms with Crippen molar-refractivity contribution in [2.45, 2.75) is 41.5 Å². The molecule has 0 spiro atoms. The molecule has 0 amide bonds. The Kier molecular flexibility index (Phi) is 16.2. The fraction of sp³-hybridized carbons (Fsp3) is 0.350. The van der Waals surface area contributed by atoms with E-state index in [0.29, 0.717) is 0 Å². The monoisotopic (exact) mass is 358 g/mol. The van der Waals surface area contributed by atoms with Crippen LogP contribution in [0.25, 0.3) is 0 Å². The molecule has 112 valence electrons. The summed E-state index contributed by atoms with van der Waals surface area (Å²) in [6, 6.07) is 0. The second kappa shape index (κ2) is 14.2. The van der Waals surface area contributed by atoms with Crippen molar-refractivity contribution in [3.63, 3.8) is 0 Å². The van der Waals surface area contributed by atoms with Crippen molar-refractivity contribution in [1.82, 2.24) is 0 Å². The minimum atomic E-state index is 0. The van der Waals surface area contributed by atoms with Gasteiger partial charge in [-0.05, 0) is 64.2 Å². The first-order valence-corrected chi connectivity index (χ1v) is 7.08. The van der Waals surface area contributed by atoms with E-state index < -0.39 is 0 Å². The summed E-state index contributed by atoms with van der Waals surface area (Å²) in [6.07, 6.45) is 23.2. The third-order valence-electron chi connectivity index (χ3n) is 3.67. The van der Waals surface area contributed by atoms with Crippen LogP contribution in [0.4, 0.5) is 0 Å².